The Morgan fingerprint density at radius 1 is 0.800 bits per heavy atom. The second kappa shape index (κ2) is 14.1. The van der Waals surface area contributed by atoms with Crippen LogP contribution in [0, 0.1) is 5.92 Å². The lowest BCUT2D eigenvalue weighted by molar-refractivity contribution is -0.134. The summed E-state index contributed by atoms with van der Waals surface area (Å²) in [6.07, 6.45) is -0.869. The van der Waals surface area contributed by atoms with Crippen molar-refractivity contribution >= 4 is 27.7 Å². The number of para-hydroxylation sites is 1. The quantitative estimate of drug-likeness (QED) is 0.191. The van der Waals surface area contributed by atoms with Crippen molar-refractivity contribution in [3.05, 3.63) is 90.5 Å². The number of alkyl carbamates (subject to hydrolysis) is 1. The van der Waals surface area contributed by atoms with Crippen LogP contribution in [0.15, 0.2) is 89.8 Å². The van der Waals surface area contributed by atoms with Crippen molar-refractivity contribution in [1.82, 2.24) is 16.1 Å². The minimum absolute atomic E-state index is 0.0257. The molecule has 0 unspecified atom stereocenters. The summed E-state index contributed by atoms with van der Waals surface area (Å²) in [5.41, 5.74) is 2.12. The molecule has 212 valence electrons. The first-order valence-corrected chi connectivity index (χ1v) is 14.0. The number of hydroxylamine groups is 1. The number of nitrogens with one attached hydrogen (secondary N) is 3. The second-order valence-corrected chi connectivity index (χ2v) is 11.2. The lowest BCUT2D eigenvalue weighted by Crippen LogP contribution is -2.56. The Morgan fingerprint density at radius 3 is 1.95 bits per heavy atom. The molecule has 0 aromatic heterocycles. The maximum Gasteiger partial charge on any atom is 0.408 e. The first-order chi connectivity index (χ1) is 19.1. The summed E-state index contributed by atoms with van der Waals surface area (Å²) < 4.78 is 37.0. The normalized spacial score (nSPS) is 12.6. The van der Waals surface area contributed by atoms with Crippen LogP contribution >= 0.6 is 0 Å². The summed E-state index contributed by atoms with van der Waals surface area (Å²) in [5, 5.41) is 13.9. The van der Waals surface area contributed by atoms with E-state index in [0.29, 0.717) is 11.5 Å². The molecule has 11 nitrogen and oxygen atoms in total. The lowest BCUT2D eigenvalue weighted by atomic mass is 10.0. The van der Waals surface area contributed by atoms with Gasteiger partial charge in [0.1, 0.15) is 30.2 Å². The predicted molar refractivity (Wildman–Crippen MR) is 145 cm³/mol. The van der Waals surface area contributed by atoms with Gasteiger partial charge in [-0.25, -0.2) is 18.7 Å². The topological polar surface area (TPSA) is 160 Å². The maximum absolute atomic E-state index is 13.1. The number of sulfone groups is 1. The van der Waals surface area contributed by atoms with E-state index in [0.717, 1.165) is 5.56 Å². The number of benzene rings is 3. The number of amides is 3. The van der Waals surface area contributed by atoms with E-state index < -0.39 is 51.5 Å². The number of carbonyl (C=O) groups is 3. The Bertz CT molecular complexity index is 1380. The molecular weight excluding hydrogens is 538 g/mol. The van der Waals surface area contributed by atoms with E-state index in [1.54, 1.807) is 62.4 Å². The van der Waals surface area contributed by atoms with E-state index in [4.69, 9.17) is 9.47 Å². The lowest BCUT2D eigenvalue weighted by Gasteiger charge is -2.24. The molecule has 0 saturated carbocycles. The minimum atomic E-state index is -4.11. The van der Waals surface area contributed by atoms with Gasteiger partial charge in [-0.05, 0) is 47.9 Å². The zero-order chi connectivity index (χ0) is 29.1. The highest BCUT2D eigenvalue weighted by molar-refractivity contribution is 7.91. The molecule has 0 aliphatic heterocycles. The van der Waals surface area contributed by atoms with Crippen molar-refractivity contribution in [3.8, 4) is 11.5 Å². The largest absolute Gasteiger partial charge is 0.457 e. The minimum Gasteiger partial charge on any atom is -0.457 e. The van der Waals surface area contributed by atoms with Crippen LogP contribution in [0.5, 0.6) is 11.5 Å². The molecule has 12 heteroatoms. The highest BCUT2D eigenvalue weighted by Gasteiger charge is 2.32. The molecule has 3 amide bonds. The number of hydrogen-bond acceptors (Lipinski definition) is 8. The van der Waals surface area contributed by atoms with Crippen molar-refractivity contribution < 1.29 is 37.5 Å². The van der Waals surface area contributed by atoms with Gasteiger partial charge < -0.3 is 20.1 Å². The molecule has 0 spiro atoms. The van der Waals surface area contributed by atoms with Gasteiger partial charge in [0.25, 0.3) is 5.91 Å². The van der Waals surface area contributed by atoms with Crippen LogP contribution in [0.4, 0.5) is 4.79 Å². The highest BCUT2D eigenvalue weighted by Crippen LogP contribution is 2.23. The van der Waals surface area contributed by atoms with Crippen LogP contribution in [-0.2, 0) is 30.8 Å². The smallest absolute Gasteiger partial charge is 0.408 e. The van der Waals surface area contributed by atoms with E-state index in [1.165, 1.54) is 29.7 Å². The molecule has 3 aromatic carbocycles. The van der Waals surface area contributed by atoms with Gasteiger partial charge in [0, 0.05) is 0 Å². The second-order valence-electron chi connectivity index (χ2n) is 9.13. The molecule has 4 N–H and O–H groups in total. The van der Waals surface area contributed by atoms with Crippen LogP contribution in [0.25, 0.3) is 0 Å². The van der Waals surface area contributed by atoms with Gasteiger partial charge in [-0.15, -0.1) is 0 Å². The van der Waals surface area contributed by atoms with Crippen LogP contribution < -0.4 is 20.9 Å². The van der Waals surface area contributed by atoms with E-state index in [9.17, 15) is 28.0 Å². The number of carbonyl (C=O) groups excluding carboxylic acids is 3. The van der Waals surface area contributed by atoms with Gasteiger partial charge in [-0.2, -0.15) is 0 Å². The van der Waals surface area contributed by atoms with E-state index >= 15 is 0 Å². The predicted octanol–water partition coefficient (Wildman–Crippen LogP) is 3.19. The molecule has 0 aliphatic rings. The Labute approximate surface area is 232 Å². The van der Waals surface area contributed by atoms with Gasteiger partial charge in [0.05, 0.1) is 10.6 Å². The van der Waals surface area contributed by atoms with Gasteiger partial charge >= 0.3 is 6.09 Å². The fraction of sp³-hybridized carbons (Fsp3) is 0.250. The van der Waals surface area contributed by atoms with Crippen LogP contribution in [0.3, 0.4) is 0 Å². The number of hydrogen-bond donors (Lipinski definition) is 4. The maximum atomic E-state index is 13.1. The summed E-state index contributed by atoms with van der Waals surface area (Å²) in [6, 6.07) is 20.5. The Balaban J connectivity index is 1.66. The van der Waals surface area contributed by atoms with Crippen molar-refractivity contribution in [2.45, 2.75) is 37.4 Å². The van der Waals surface area contributed by atoms with E-state index in [1.807, 2.05) is 12.1 Å². The van der Waals surface area contributed by atoms with Crippen molar-refractivity contribution in [3.63, 3.8) is 0 Å². The molecule has 0 radical (unpaired) electrons. The zero-order valence-electron chi connectivity index (χ0n) is 21.9. The van der Waals surface area contributed by atoms with Gasteiger partial charge in [0.2, 0.25) is 5.91 Å². The van der Waals surface area contributed by atoms with E-state index in [2.05, 4.69) is 10.6 Å². The summed E-state index contributed by atoms with van der Waals surface area (Å²) in [4.78, 5) is 37.5. The molecule has 2 atom stereocenters. The van der Waals surface area contributed by atoms with Crippen LogP contribution in [-0.4, -0.2) is 49.4 Å². The van der Waals surface area contributed by atoms with Crippen molar-refractivity contribution in [1.29, 1.82) is 0 Å². The summed E-state index contributed by atoms with van der Waals surface area (Å²) in [7, 11) is -4.11. The zero-order valence-corrected chi connectivity index (χ0v) is 22.8. The first kappa shape index (κ1) is 30.1. The van der Waals surface area contributed by atoms with Crippen molar-refractivity contribution in [2.24, 2.45) is 5.92 Å². The number of rotatable bonds is 12. The third-order valence-electron chi connectivity index (χ3n) is 5.73. The third-order valence-corrected chi connectivity index (χ3v) is 7.49. The van der Waals surface area contributed by atoms with Gasteiger partial charge in [-0.1, -0.05) is 62.4 Å². The molecule has 3 rings (SSSR count). The highest BCUT2D eigenvalue weighted by atomic mass is 32.2. The average Bonchev–Trinajstić information content (AvgIpc) is 2.95. The molecule has 40 heavy (non-hydrogen) atoms. The standard InChI is InChI=1S/C28H31N3O8S/c1-19(2)25(30-28(34)38-17-20-9-5-3-6-10-20)27(33)29-24(26(32)31-35)18-40(36,37)23-15-13-22(14-16-23)39-21-11-7-4-8-12-21/h3-16,19,24-25,35H,17-18H2,1-2H3,(H,29,33)(H,30,34)(H,31,32)/t24-,25-/m0/s1. The molecular formula is C28H31N3O8S. The average molecular weight is 570 g/mol. The SMILES string of the molecule is CC(C)[C@H](NC(=O)OCc1ccccc1)C(=O)N[C@@H](CS(=O)(=O)c1ccc(Oc2ccccc2)cc1)C(=O)NO. The Morgan fingerprint density at radius 2 is 1.38 bits per heavy atom. The molecule has 0 heterocycles. The third kappa shape index (κ3) is 8.82. The Kier molecular flexibility index (Phi) is 10.6. The van der Waals surface area contributed by atoms with Crippen LogP contribution in [0.1, 0.15) is 19.4 Å². The molecule has 0 bridgehead atoms. The van der Waals surface area contributed by atoms with Gasteiger partial charge in [0.15, 0.2) is 9.84 Å². The fourth-order valence-electron chi connectivity index (χ4n) is 3.60. The first-order valence-electron chi connectivity index (χ1n) is 12.4. The van der Waals surface area contributed by atoms with Gasteiger partial charge in [-0.3, -0.25) is 14.8 Å². The molecule has 0 fully saturated rings. The summed E-state index contributed by atoms with van der Waals surface area (Å²) in [6.45, 7) is 3.28. The van der Waals surface area contributed by atoms with Crippen molar-refractivity contribution in [2.75, 3.05) is 5.75 Å². The fourth-order valence-corrected chi connectivity index (χ4v) is 5.02. The monoisotopic (exact) mass is 569 g/mol. The molecule has 3 aromatic rings. The van der Waals surface area contributed by atoms with E-state index in [-0.39, 0.29) is 11.5 Å². The van der Waals surface area contributed by atoms with Crippen LogP contribution in [0.2, 0.25) is 0 Å². The number of ether oxygens (including phenoxy) is 2. The molecule has 0 saturated heterocycles. The molecule has 0 aliphatic carbocycles. The Hall–Kier alpha value is -4.42. The summed E-state index contributed by atoms with van der Waals surface area (Å²) in [5.74, 6) is -2.31. The summed E-state index contributed by atoms with van der Waals surface area (Å²) >= 11 is 0.